The standard InChI is InChI=1S/C22H24Cl3N3O3/c1-14-5-2-3-7-18(14)31-13-19(29)26-21(22(23,24)25)27-10-15-9-16(12-27)17-6-4-8-20(30)28(17)11-15/h2-8,15-16,21H,9-13H2,1H3,(H,26,29)/t15-,16-,21-/m0/s1. The number of hydrogen-bond donors (Lipinski definition) is 1. The lowest BCUT2D eigenvalue weighted by Gasteiger charge is -2.47. The van der Waals surface area contributed by atoms with E-state index < -0.39 is 9.96 Å². The largest absolute Gasteiger partial charge is 0.484 e. The van der Waals surface area contributed by atoms with Crippen LogP contribution in [0.1, 0.15) is 23.6 Å². The van der Waals surface area contributed by atoms with Gasteiger partial charge in [-0.2, -0.15) is 0 Å². The Balaban J connectivity index is 1.47. The number of likely N-dealkylation sites (tertiary alicyclic amines) is 1. The van der Waals surface area contributed by atoms with Crippen molar-refractivity contribution in [1.82, 2.24) is 14.8 Å². The molecule has 6 nitrogen and oxygen atoms in total. The van der Waals surface area contributed by atoms with Crippen LogP contribution in [0.3, 0.4) is 0 Å². The van der Waals surface area contributed by atoms with Gasteiger partial charge in [-0.25, -0.2) is 0 Å². The average Bonchev–Trinajstić information content (AvgIpc) is 2.71. The second kappa shape index (κ2) is 9.02. The van der Waals surface area contributed by atoms with Crippen molar-refractivity contribution < 1.29 is 9.53 Å². The highest BCUT2D eigenvalue weighted by Crippen LogP contribution is 2.39. The van der Waals surface area contributed by atoms with Crippen LogP contribution in [0.25, 0.3) is 0 Å². The molecule has 0 spiro atoms. The summed E-state index contributed by atoms with van der Waals surface area (Å²) in [6, 6.07) is 12.8. The number of ether oxygens (including phenoxy) is 1. The van der Waals surface area contributed by atoms with Crippen molar-refractivity contribution in [3.8, 4) is 5.75 Å². The summed E-state index contributed by atoms with van der Waals surface area (Å²) in [5.41, 5.74) is 1.94. The van der Waals surface area contributed by atoms with Crippen molar-refractivity contribution in [3.63, 3.8) is 0 Å². The number of benzene rings is 1. The van der Waals surface area contributed by atoms with Gasteiger partial charge < -0.3 is 14.6 Å². The Labute approximate surface area is 196 Å². The molecule has 1 saturated heterocycles. The number of aromatic nitrogens is 1. The lowest BCUT2D eigenvalue weighted by molar-refractivity contribution is -0.125. The molecule has 9 heteroatoms. The van der Waals surface area contributed by atoms with Gasteiger partial charge in [-0.1, -0.05) is 59.1 Å². The maximum Gasteiger partial charge on any atom is 0.259 e. The Bertz CT molecular complexity index is 1020. The van der Waals surface area contributed by atoms with E-state index in [4.69, 9.17) is 39.5 Å². The van der Waals surface area contributed by atoms with Crippen molar-refractivity contribution in [2.75, 3.05) is 19.7 Å². The monoisotopic (exact) mass is 483 g/mol. The molecule has 2 aromatic rings. The summed E-state index contributed by atoms with van der Waals surface area (Å²) >= 11 is 18.8. The first-order valence-corrected chi connectivity index (χ1v) is 11.3. The zero-order valence-corrected chi connectivity index (χ0v) is 19.3. The molecule has 31 heavy (non-hydrogen) atoms. The van der Waals surface area contributed by atoms with E-state index in [0.29, 0.717) is 25.4 Å². The van der Waals surface area contributed by atoms with E-state index in [-0.39, 0.29) is 29.9 Å². The molecule has 2 aliphatic heterocycles. The number of halogens is 3. The third-order valence-corrected chi connectivity index (χ3v) is 6.55. The molecular weight excluding hydrogens is 461 g/mol. The molecule has 2 aliphatic rings. The molecule has 2 bridgehead atoms. The van der Waals surface area contributed by atoms with E-state index >= 15 is 0 Å². The molecule has 1 aromatic carbocycles. The van der Waals surface area contributed by atoms with Crippen LogP contribution in [0.2, 0.25) is 0 Å². The fraction of sp³-hybridized carbons (Fsp3) is 0.455. The van der Waals surface area contributed by atoms with Crippen LogP contribution in [0.5, 0.6) is 5.75 Å². The zero-order chi connectivity index (χ0) is 22.2. The van der Waals surface area contributed by atoms with Crippen LogP contribution in [0.4, 0.5) is 0 Å². The van der Waals surface area contributed by atoms with Crippen molar-refractivity contribution in [3.05, 3.63) is 64.1 Å². The summed E-state index contributed by atoms with van der Waals surface area (Å²) in [6.07, 6.45) is 0.161. The van der Waals surface area contributed by atoms with Gasteiger partial charge >= 0.3 is 0 Å². The average molecular weight is 485 g/mol. The van der Waals surface area contributed by atoms with Crippen LogP contribution in [-0.4, -0.2) is 45.0 Å². The van der Waals surface area contributed by atoms with Crippen LogP contribution in [0, 0.1) is 12.8 Å². The number of amides is 1. The third kappa shape index (κ3) is 5.03. The van der Waals surface area contributed by atoms with Gasteiger partial charge in [0.25, 0.3) is 11.5 Å². The molecular formula is C22H24Cl3N3O3. The second-order valence-corrected chi connectivity index (χ2v) is 10.6. The van der Waals surface area contributed by atoms with Gasteiger partial charge in [-0.3, -0.25) is 14.5 Å². The number of piperidine rings is 1. The predicted octanol–water partition coefficient (Wildman–Crippen LogP) is 3.47. The van der Waals surface area contributed by atoms with E-state index in [1.165, 1.54) is 0 Å². The Hall–Kier alpha value is -1.73. The first-order valence-electron chi connectivity index (χ1n) is 10.2. The number of carbonyl (C=O) groups excluding carboxylic acids is 1. The molecule has 0 saturated carbocycles. The first-order chi connectivity index (χ1) is 14.7. The highest BCUT2D eigenvalue weighted by molar-refractivity contribution is 6.68. The maximum atomic E-state index is 12.6. The van der Waals surface area contributed by atoms with E-state index in [1.54, 1.807) is 18.2 Å². The number of pyridine rings is 1. The van der Waals surface area contributed by atoms with Crippen molar-refractivity contribution in [2.24, 2.45) is 5.92 Å². The minimum Gasteiger partial charge on any atom is -0.484 e. The number of carbonyl (C=O) groups is 1. The van der Waals surface area contributed by atoms with Crippen LogP contribution in [-0.2, 0) is 11.3 Å². The lowest BCUT2D eigenvalue weighted by atomic mass is 9.83. The molecule has 166 valence electrons. The number of hydrogen-bond acceptors (Lipinski definition) is 4. The predicted molar refractivity (Wildman–Crippen MR) is 122 cm³/mol. The van der Waals surface area contributed by atoms with Gasteiger partial charge in [-0.15, -0.1) is 0 Å². The highest BCUT2D eigenvalue weighted by atomic mass is 35.6. The molecule has 0 unspecified atom stereocenters. The van der Waals surface area contributed by atoms with E-state index in [1.807, 2.05) is 40.7 Å². The number of nitrogens with zero attached hydrogens (tertiary/aromatic N) is 2. The summed E-state index contributed by atoms with van der Waals surface area (Å²) in [4.78, 5) is 26.9. The number of alkyl halides is 3. The third-order valence-electron chi connectivity index (χ3n) is 5.93. The number of fused-ring (bicyclic) bond motifs is 4. The Morgan fingerprint density at radius 1 is 1.16 bits per heavy atom. The van der Waals surface area contributed by atoms with E-state index in [0.717, 1.165) is 17.7 Å². The number of para-hydroxylation sites is 1. The van der Waals surface area contributed by atoms with Crippen LogP contribution >= 0.6 is 34.8 Å². The Morgan fingerprint density at radius 2 is 1.94 bits per heavy atom. The molecule has 1 aromatic heterocycles. The summed E-state index contributed by atoms with van der Waals surface area (Å²) in [6.45, 7) is 3.55. The van der Waals surface area contributed by atoms with Crippen molar-refractivity contribution in [2.45, 2.75) is 35.8 Å². The zero-order valence-electron chi connectivity index (χ0n) is 17.1. The lowest BCUT2D eigenvalue weighted by Crippen LogP contribution is -2.60. The van der Waals surface area contributed by atoms with E-state index in [2.05, 4.69) is 5.32 Å². The fourth-order valence-corrected chi connectivity index (χ4v) is 5.16. The minimum absolute atomic E-state index is 0.0141. The van der Waals surface area contributed by atoms with Crippen LogP contribution in [0.15, 0.2) is 47.3 Å². The minimum atomic E-state index is -1.72. The van der Waals surface area contributed by atoms with Gasteiger partial charge in [0, 0.05) is 37.3 Å². The van der Waals surface area contributed by atoms with Gasteiger partial charge in [0.1, 0.15) is 11.9 Å². The molecule has 1 amide bonds. The van der Waals surface area contributed by atoms with Gasteiger partial charge in [0.2, 0.25) is 3.79 Å². The van der Waals surface area contributed by atoms with Crippen molar-refractivity contribution in [1.29, 1.82) is 0 Å². The maximum absolute atomic E-state index is 12.6. The van der Waals surface area contributed by atoms with Gasteiger partial charge in [0.05, 0.1) is 0 Å². The second-order valence-electron chi connectivity index (χ2n) is 8.22. The molecule has 1 fully saturated rings. The number of aryl methyl sites for hydroxylation is 1. The molecule has 3 atom stereocenters. The summed E-state index contributed by atoms with van der Waals surface area (Å²) < 4.78 is 5.76. The number of nitrogens with one attached hydrogen (secondary N) is 1. The smallest absolute Gasteiger partial charge is 0.259 e. The number of rotatable bonds is 5. The normalized spacial score (nSPS) is 21.8. The van der Waals surface area contributed by atoms with Gasteiger partial charge in [0.15, 0.2) is 6.61 Å². The molecule has 4 rings (SSSR count). The quantitative estimate of drug-likeness (QED) is 0.660. The molecule has 3 heterocycles. The molecule has 1 N–H and O–H groups in total. The molecule has 0 aliphatic carbocycles. The van der Waals surface area contributed by atoms with Gasteiger partial charge in [-0.05, 0) is 37.0 Å². The fourth-order valence-electron chi connectivity index (χ4n) is 4.58. The molecule has 0 radical (unpaired) electrons. The Morgan fingerprint density at radius 3 is 2.68 bits per heavy atom. The highest BCUT2D eigenvalue weighted by Gasteiger charge is 2.44. The first kappa shape index (κ1) is 22.5. The van der Waals surface area contributed by atoms with Crippen molar-refractivity contribution >= 4 is 40.7 Å². The topological polar surface area (TPSA) is 63.6 Å². The summed E-state index contributed by atoms with van der Waals surface area (Å²) in [5.74, 6) is 0.641. The SMILES string of the molecule is Cc1ccccc1OCC(=O)N[C@@H](N1C[C@@H]2C[C@@H](C1)c1cccc(=O)n1C2)C(Cl)(Cl)Cl. The summed E-state index contributed by atoms with van der Waals surface area (Å²) in [5, 5.41) is 2.84. The van der Waals surface area contributed by atoms with Crippen LogP contribution < -0.4 is 15.6 Å². The Kier molecular flexibility index (Phi) is 6.54. The summed E-state index contributed by atoms with van der Waals surface area (Å²) in [7, 11) is 0. The van der Waals surface area contributed by atoms with E-state index in [9.17, 15) is 9.59 Å².